The summed E-state index contributed by atoms with van der Waals surface area (Å²) < 4.78 is 18.4. The third-order valence-corrected chi connectivity index (χ3v) is 4.86. The Hall–Kier alpha value is -3.17. The molecule has 0 aromatic heterocycles. The van der Waals surface area contributed by atoms with Crippen LogP contribution in [0, 0.1) is 0 Å². The highest BCUT2D eigenvalue weighted by Gasteiger charge is 2.35. The number of fused-ring (bicyclic) bond motifs is 1. The Labute approximate surface area is 180 Å². The highest BCUT2D eigenvalue weighted by Crippen LogP contribution is 2.23. The Morgan fingerprint density at radius 3 is 2.42 bits per heavy atom. The summed E-state index contributed by atoms with van der Waals surface area (Å²) in [5.74, 6) is -0.946. The first-order chi connectivity index (χ1) is 14.9. The molecule has 2 rings (SSSR count). The molecule has 2 amide bonds. The van der Waals surface area contributed by atoms with Crippen molar-refractivity contribution >= 4 is 24.3 Å². The van der Waals surface area contributed by atoms with Gasteiger partial charge in [-0.2, -0.15) is 0 Å². The van der Waals surface area contributed by atoms with Crippen LogP contribution in [-0.2, 0) is 9.53 Å². The number of nitrogens with two attached hydrogens (primary N) is 1. The standard InChI is InChI=1S/C22H27FN4O4/c1-26(9-10-31-2)8-7-20(24)17(15-28)13-25-12-16(11-23)14-27-21(29)18-5-3-4-6-19(18)22(27)30/h3-6,11,13,15H,7-10,12,14,24H2,1-2H3/b16-11-,20-17?,25-13?. The van der Waals surface area contributed by atoms with Crippen LogP contribution >= 0.6 is 0 Å². The van der Waals surface area contributed by atoms with Crippen molar-refractivity contribution < 1.29 is 23.5 Å². The predicted molar refractivity (Wildman–Crippen MR) is 116 cm³/mol. The van der Waals surface area contributed by atoms with E-state index in [0.717, 1.165) is 11.4 Å². The van der Waals surface area contributed by atoms with E-state index in [-0.39, 0.29) is 24.2 Å². The molecular formula is C22H27FN4O4. The summed E-state index contributed by atoms with van der Waals surface area (Å²) >= 11 is 0. The topological polar surface area (TPSA) is 105 Å². The number of amides is 2. The Kier molecular flexibility index (Phi) is 9.23. The van der Waals surface area contributed by atoms with E-state index in [4.69, 9.17) is 10.5 Å². The molecule has 31 heavy (non-hydrogen) atoms. The summed E-state index contributed by atoms with van der Waals surface area (Å²) in [6.45, 7) is 1.61. The van der Waals surface area contributed by atoms with Crippen molar-refractivity contribution in [3.8, 4) is 0 Å². The molecule has 0 fully saturated rings. The number of likely N-dealkylation sites (N-methyl/N-ethyl adjacent to an activating group) is 1. The van der Waals surface area contributed by atoms with E-state index in [1.165, 1.54) is 6.21 Å². The minimum atomic E-state index is -0.473. The Morgan fingerprint density at radius 2 is 1.87 bits per heavy atom. The van der Waals surface area contributed by atoms with Gasteiger partial charge in [0.25, 0.3) is 11.8 Å². The lowest BCUT2D eigenvalue weighted by atomic mass is 10.1. The van der Waals surface area contributed by atoms with Gasteiger partial charge in [-0.3, -0.25) is 24.3 Å². The molecule has 2 N–H and O–H groups in total. The fourth-order valence-corrected chi connectivity index (χ4v) is 2.97. The summed E-state index contributed by atoms with van der Waals surface area (Å²) in [6.07, 6.45) is 2.65. The maximum absolute atomic E-state index is 13.4. The first-order valence-corrected chi connectivity index (χ1v) is 9.77. The van der Waals surface area contributed by atoms with Gasteiger partial charge in [-0.05, 0) is 24.8 Å². The van der Waals surface area contributed by atoms with Crippen molar-refractivity contribution in [1.82, 2.24) is 9.80 Å². The van der Waals surface area contributed by atoms with Gasteiger partial charge in [0.2, 0.25) is 0 Å². The molecule has 9 heteroatoms. The zero-order chi connectivity index (χ0) is 22.8. The van der Waals surface area contributed by atoms with Crippen LogP contribution < -0.4 is 5.73 Å². The molecule has 0 aliphatic carbocycles. The second kappa shape index (κ2) is 11.9. The number of carbonyl (C=O) groups excluding carboxylic acids is 3. The van der Waals surface area contributed by atoms with Crippen LogP contribution in [0.15, 0.2) is 52.4 Å². The molecular weight excluding hydrogens is 403 g/mol. The SMILES string of the molecule is COCCN(C)CCC(N)=C(C=O)C=NC/C(=C/F)CN1C(=O)c2ccccc2C1=O. The number of carbonyl (C=O) groups is 3. The number of hydrogen-bond acceptors (Lipinski definition) is 7. The normalized spacial score (nSPS) is 15.1. The van der Waals surface area contributed by atoms with Crippen LogP contribution in [0.2, 0.25) is 0 Å². The van der Waals surface area contributed by atoms with E-state index in [1.54, 1.807) is 31.4 Å². The summed E-state index contributed by atoms with van der Waals surface area (Å²) in [6, 6.07) is 6.44. The molecule has 0 unspecified atom stereocenters. The van der Waals surface area contributed by atoms with Crippen LogP contribution in [0.4, 0.5) is 4.39 Å². The number of hydrogen-bond donors (Lipinski definition) is 1. The van der Waals surface area contributed by atoms with Gasteiger partial charge < -0.3 is 15.4 Å². The molecule has 1 aromatic rings. The molecule has 1 aromatic carbocycles. The summed E-state index contributed by atoms with van der Waals surface area (Å²) in [5.41, 5.74) is 7.27. The molecule has 0 bridgehead atoms. The van der Waals surface area contributed by atoms with Gasteiger partial charge in [0.15, 0.2) is 6.29 Å². The van der Waals surface area contributed by atoms with Gasteiger partial charge in [-0.15, -0.1) is 0 Å². The summed E-state index contributed by atoms with van der Waals surface area (Å²) in [5, 5.41) is 0. The van der Waals surface area contributed by atoms with Crippen LogP contribution in [0.1, 0.15) is 27.1 Å². The van der Waals surface area contributed by atoms with Crippen LogP contribution in [0.5, 0.6) is 0 Å². The van der Waals surface area contributed by atoms with Crippen molar-refractivity contribution in [3.63, 3.8) is 0 Å². The number of imide groups is 1. The summed E-state index contributed by atoms with van der Waals surface area (Å²) in [7, 11) is 3.54. The van der Waals surface area contributed by atoms with Gasteiger partial charge in [0.05, 0.1) is 42.7 Å². The number of rotatable bonds is 12. The maximum Gasteiger partial charge on any atom is 0.261 e. The zero-order valence-corrected chi connectivity index (χ0v) is 17.7. The number of halogens is 1. The van der Waals surface area contributed by atoms with E-state index in [9.17, 15) is 18.8 Å². The van der Waals surface area contributed by atoms with Gasteiger partial charge in [-0.1, -0.05) is 12.1 Å². The van der Waals surface area contributed by atoms with Crippen LogP contribution in [-0.4, -0.2) is 81.1 Å². The lowest BCUT2D eigenvalue weighted by molar-refractivity contribution is -0.104. The molecule has 0 atom stereocenters. The van der Waals surface area contributed by atoms with E-state index >= 15 is 0 Å². The van der Waals surface area contributed by atoms with E-state index < -0.39 is 11.8 Å². The average molecular weight is 430 g/mol. The minimum absolute atomic E-state index is 0.119. The third kappa shape index (κ3) is 6.40. The highest BCUT2D eigenvalue weighted by atomic mass is 19.1. The summed E-state index contributed by atoms with van der Waals surface area (Å²) in [4.78, 5) is 43.2. The number of benzene rings is 1. The molecule has 8 nitrogen and oxygen atoms in total. The van der Waals surface area contributed by atoms with E-state index in [2.05, 4.69) is 4.99 Å². The van der Waals surface area contributed by atoms with Crippen LogP contribution in [0.25, 0.3) is 0 Å². The number of allylic oxidation sites excluding steroid dienone is 1. The van der Waals surface area contributed by atoms with E-state index in [1.807, 2.05) is 11.9 Å². The maximum atomic E-state index is 13.4. The Bertz CT molecular complexity index is 876. The lowest BCUT2D eigenvalue weighted by Crippen LogP contribution is -2.32. The molecule has 0 saturated heterocycles. The molecule has 166 valence electrons. The number of aldehydes is 1. The van der Waals surface area contributed by atoms with Gasteiger partial charge in [0, 0.05) is 38.5 Å². The predicted octanol–water partition coefficient (Wildman–Crippen LogP) is 1.59. The number of methoxy groups -OCH3 is 1. The second-order valence-electron chi connectivity index (χ2n) is 7.12. The average Bonchev–Trinajstić information content (AvgIpc) is 3.02. The van der Waals surface area contributed by atoms with Gasteiger partial charge in [0.1, 0.15) is 0 Å². The van der Waals surface area contributed by atoms with Crippen molar-refractivity contribution in [1.29, 1.82) is 0 Å². The molecule has 1 aliphatic heterocycles. The molecule has 1 heterocycles. The lowest BCUT2D eigenvalue weighted by Gasteiger charge is -2.16. The molecule has 0 spiro atoms. The minimum Gasteiger partial charge on any atom is -0.401 e. The molecule has 0 radical (unpaired) electrons. The zero-order valence-electron chi connectivity index (χ0n) is 17.7. The first-order valence-electron chi connectivity index (χ1n) is 9.77. The van der Waals surface area contributed by atoms with Gasteiger partial charge >= 0.3 is 0 Å². The van der Waals surface area contributed by atoms with Crippen LogP contribution in [0.3, 0.4) is 0 Å². The largest absolute Gasteiger partial charge is 0.401 e. The Morgan fingerprint density at radius 1 is 1.23 bits per heavy atom. The van der Waals surface area contributed by atoms with Crippen molar-refractivity contribution in [2.24, 2.45) is 10.7 Å². The number of aliphatic imine (C=N–C) groups is 1. The van der Waals surface area contributed by atoms with Crippen molar-refractivity contribution in [2.75, 3.05) is 46.9 Å². The molecule has 1 aliphatic rings. The number of nitrogens with zero attached hydrogens (tertiary/aromatic N) is 3. The smallest absolute Gasteiger partial charge is 0.261 e. The van der Waals surface area contributed by atoms with Crippen molar-refractivity contribution in [2.45, 2.75) is 6.42 Å². The third-order valence-electron chi connectivity index (χ3n) is 4.86. The fraction of sp³-hybridized carbons (Fsp3) is 0.364. The number of ether oxygens (including phenoxy) is 1. The van der Waals surface area contributed by atoms with E-state index in [0.29, 0.717) is 49.0 Å². The molecule has 0 saturated carbocycles. The highest BCUT2D eigenvalue weighted by molar-refractivity contribution is 6.21. The second-order valence-corrected chi connectivity index (χ2v) is 7.12. The quantitative estimate of drug-likeness (QED) is 0.234. The fourth-order valence-electron chi connectivity index (χ4n) is 2.97. The Balaban J connectivity index is 1.96. The monoisotopic (exact) mass is 430 g/mol. The van der Waals surface area contributed by atoms with Gasteiger partial charge in [-0.25, -0.2) is 4.39 Å². The first kappa shape index (κ1) is 24.1. The van der Waals surface area contributed by atoms with Crippen molar-refractivity contribution in [3.05, 3.63) is 58.6 Å².